The minimum absolute atomic E-state index is 0.0175. The smallest absolute Gasteiger partial charge is 0.284 e. The Morgan fingerprint density at radius 1 is 0.984 bits per heavy atom. The van der Waals surface area contributed by atoms with Crippen LogP contribution in [0.5, 0.6) is 0 Å². The molecule has 4 aliphatic heterocycles. The zero-order valence-electron chi connectivity index (χ0n) is 33.5. The molecule has 1 saturated carbocycles. The van der Waals surface area contributed by atoms with Crippen LogP contribution in [0.25, 0.3) is 16.6 Å². The Labute approximate surface area is 348 Å². The van der Waals surface area contributed by atoms with Gasteiger partial charge in [0.2, 0.25) is 17.7 Å². The SMILES string of the molecule is O=C1CC[C@H](c2coc3ccc(NC(=O)CN4CCN(C[C@H]5CC[C@H](n6cc(NC(=O)c7cnn8ccc(N9C[C@@H]%10C[C@H]9CO%10)nc78)c(C(F)F)n6)CC5)CC4)cc23)C(=O)N1. The average molecular weight is 840 g/mol. The third-order valence-electron chi connectivity index (χ3n) is 13.0. The lowest BCUT2D eigenvalue weighted by Gasteiger charge is -2.38. The number of piperidine rings is 1. The molecule has 320 valence electrons. The zero-order chi connectivity index (χ0) is 41.8. The maximum Gasteiger partial charge on any atom is 0.284 e. The van der Waals surface area contributed by atoms with E-state index in [-0.39, 0.29) is 60.1 Å². The number of alkyl halides is 2. The van der Waals surface area contributed by atoms with Crippen molar-refractivity contribution in [3.05, 3.63) is 65.9 Å². The molecule has 4 amide bonds. The van der Waals surface area contributed by atoms with Crippen molar-refractivity contribution >= 4 is 57.4 Å². The van der Waals surface area contributed by atoms with E-state index in [1.807, 2.05) is 12.1 Å². The highest BCUT2D eigenvalue weighted by Crippen LogP contribution is 2.37. The number of nitrogens with zero attached hydrogens (tertiary/aromatic N) is 8. The van der Waals surface area contributed by atoms with Gasteiger partial charge in [-0.3, -0.25) is 34.1 Å². The molecule has 1 aromatic carbocycles. The molecule has 5 aliphatic rings. The molecule has 5 fully saturated rings. The average Bonchev–Trinajstić information content (AvgIpc) is 4.11. The van der Waals surface area contributed by atoms with Gasteiger partial charge in [-0.2, -0.15) is 10.2 Å². The first-order valence-electron chi connectivity index (χ1n) is 21.1. The lowest BCUT2D eigenvalue weighted by Crippen LogP contribution is -2.49. The molecule has 2 bridgehead atoms. The van der Waals surface area contributed by atoms with Gasteiger partial charge in [0, 0.05) is 74.7 Å². The number of amides is 4. The van der Waals surface area contributed by atoms with Crippen molar-refractivity contribution in [2.45, 2.75) is 75.5 Å². The van der Waals surface area contributed by atoms with Crippen molar-refractivity contribution in [1.29, 1.82) is 0 Å². The van der Waals surface area contributed by atoms with Crippen LogP contribution in [0.15, 0.2) is 53.5 Å². The number of imide groups is 1. The summed E-state index contributed by atoms with van der Waals surface area (Å²) in [6, 6.07) is 7.39. The summed E-state index contributed by atoms with van der Waals surface area (Å²) in [7, 11) is 0. The first-order valence-corrected chi connectivity index (χ1v) is 21.1. The summed E-state index contributed by atoms with van der Waals surface area (Å²) in [5.41, 5.74) is 1.97. The molecule has 0 radical (unpaired) electrons. The van der Waals surface area contributed by atoms with Crippen molar-refractivity contribution < 1.29 is 37.1 Å². The normalized spacial score (nSPS) is 24.9. The van der Waals surface area contributed by atoms with Gasteiger partial charge >= 0.3 is 0 Å². The Morgan fingerprint density at radius 2 is 1.80 bits per heavy atom. The van der Waals surface area contributed by atoms with Crippen molar-refractivity contribution in [3.8, 4) is 0 Å². The number of anilines is 3. The number of benzene rings is 1. The van der Waals surface area contributed by atoms with Crippen LogP contribution in [0.3, 0.4) is 0 Å². The highest BCUT2D eigenvalue weighted by Gasteiger charge is 2.40. The van der Waals surface area contributed by atoms with Gasteiger partial charge < -0.3 is 29.6 Å². The number of nitrogens with one attached hydrogen (secondary N) is 3. The number of fused-ring (bicyclic) bond motifs is 4. The van der Waals surface area contributed by atoms with E-state index in [2.05, 4.69) is 40.8 Å². The lowest BCUT2D eigenvalue weighted by molar-refractivity contribution is -0.134. The first kappa shape index (κ1) is 39.4. The minimum atomic E-state index is -2.87. The van der Waals surface area contributed by atoms with E-state index in [1.54, 1.807) is 29.3 Å². The maximum atomic E-state index is 14.3. The molecular formula is C42H47F2N11O6. The highest BCUT2D eigenvalue weighted by molar-refractivity contribution is 6.08. The van der Waals surface area contributed by atoms with Gasteiger partial charge in [0.15, 0.2) is 11.3 Å². The molecule has 19 heteroatoms. The number of piperazine rings is 1. The Hall–Kier alpha value is -5.79. The lowest BCUT2D eigenvalue weighted by atomic mass is 9.85. The largest absolute Gasteiger partial charge is 0.464 e. The summed E-state index contributed by atoms with van der Waals surface area (Å²) < 4.78 is 43.1. The molecule has 4 aromatic heterocycles. The summed E-state index contributed by atoms with van der Waals surface area (Å²) in [6.07, 6.45) is 8.57. The molecule has 1 aliphatic carbocycles. The summed E-state index contributed by atoms with van der Waals surface area (Å²) in [4.78, 5) is 62.2. The molecule has 10 rings (SSSR count). The van der Waals surface area contributed by atoms with E-state index in [1.165, 1.54) is 16.9 Å². The number of aromatic nitrogens is 5. The number of ether oxygens (including phenoxy) is 1. The fourth-order valence-corrected chi connectivity index (χ4v) is 9.78. The number of hydrogen-bond acceptors (Lipinski definition) is 12. The second kappa shape index (κ2) is 16.2. The number of rotatable bonds is 11. The van der Waals surface area contributed by atoms with Crippen LogP contribution < -0.4 is 20.9 Å². The molecule has 8 heterocycles. The molecular weight excluding hydrogens is 793 g/mol. The van der Waals surface area contributed by atoms with E-state index in [0.717, 1.165) is 82.6 Å². The predicted molar refractivity (Wildman–Crippen MR) is 217 cm³/mol. The van der Waals surface area contributed by atoms with E-state index < -0.39 is 23.9 Å². The Kier molecular flexibility index (Phi) is 10.5. The van der Waals surface area contributed by atoms with Crippen LogP contribution in [-0.2, 0) is 19.1 Å². The molecule has 61 heavy (non-hydrogen) atoms. The van der Waals surface area contributed by atoms with Gasteiger partial charge in [0.1, 0.15) is 17.0 Å². The third-order valence-corrected chi connectivity index (χ3v) is 13.0. The van der Waals surface area contributed by atoms with Crippen LogP contribution in [-0.4, -0.2) is 122 Å². The van der Waals surface area contributed by atoms with Crippen LogP contribution in [0.2, 0.25) is 0 Å². The maximum absolute atomic E-state index is 14.3. The second-order valence-corrected chi connectivity index (χ2v) is 17.0. The zero-order valence-corrected chi connectivity index (χ0v) is 33.5. The molecule has 0 spiro atoms. The van der Waals surface area contributed by atoms with Crippen LogP contribution in [0.1, 0.15) is 84.9 Å². The standard InChI is InChI=1S/C42H47F2N11O6/c43-39(44)38-33(47-42(59)31-17-45-54-10-9-35(48-40(31)54)53-19-28-16-27(53)22-60-28)20-55(50-38)26-4-1-24(2-5-26)18-51-11-13-52(14-12-51)21-37(57)46-25-3-7-34-30(15-25)32(23-61-34)29-6-8-36(56)49-41(29)58/h3,7,9-10,15,17,20,23-24,26-29,39H,1-2,4-6,8,11-14,16,18-19,21-22H2,(H,46,57)(H,47,59)(H,49,56,58)/t24-,26-,27-,28-,29+/m0/s1. The van der Waals surface area contributed by atoms with E-state index in [9.17, 15) is 28.0 Å². The van der Waals surface area contributed by atoms with Crippen LogP contribution in [0.4, 0.5) is 26.0 Å². The van der Waals surface area contributed by atoms with Crippen LogP contribution >= 0.6 is 0 Å². The fourth-order valence-electron chi connectivity index (χ4n) is 9.78. The van der Waals surface area contributed by atoms with Gasteiger partial charge in [0.25, 0.3) is 12.3 Å². The van der Waals surface area contributed by atoms with Crippen molar-refractivity contribution in [1.82, 2.24) is 39.5 Å². The van der Waals surface area contributed by atoms with E-state index in [4.69, 9.17) is 14.1 Å². The molecule has 3 atom stereocenters. The Morgan fingerprint density at radius 3 is 2.56 bits per heavy atom. The predicted octanol–water partition coefficient (Wildman–Crippen LogP) is 4.35. The monoisotopic (exact) mass is 839 g/mol. The minimum Gasteiger partial charge on any atom is -0.464 e. The summed E-state index contributed by atoms with van der Waals surface area (Å²) >= 11 is 0. The molecule has 0 unspecified atom stereocenters. The van der Waals surface area contributed by atoms with E-state index in [0.29, 0.717) is 41.4 Å². The number of furan rings is 1. The van der Waals surface area contributed by atoms with Crippen molar-refractivity contribution in [3.63, 3.8) is 0 Å². The molecule has 5 aromatic rings. The highest BCUT2D eigenvalue weighted by atomic mass is 19.3. The molecule has 17 nitrogen and oxygen atoms in total. The molecule has 4 saturated heterocycles. The first-order chi connectivity index (χ1) is 29.6. The Bertz CT molecular complexity index is 2490. The third kappa shape index (κ3) is 7.96. The number of carbonyl (C=O) groups is 4. The second-order valence-electron chi connectivity index (χ2n) is 17.0. The van der Waals surface area contributed by atoms with Crippen molar-refractivity contribution in [2.24, 2.45) is 5.92 Å². The summed E-state index contributed by atoms with van der Waals surface area (Å²) in [5.74, 6) is -0.634. The van der Waals surface area contributed by atoms with Gasteiger partial charge in [-0.1, -0.05) is 0 Å². The number of morpholine rings is 1. The number of carbonyl (C=O) groups excluding carboxylic acids is 4. The van der Waals surface area contributed by atoms with Gasteiger partial charge in [-0.15, -0.1) is 0 Å². The van der Waals surface area contributed by atoms with Gasteiger partial charge in [-0.05, 0) is 68.7 Å². The summed E-state index contributed by atoms with van der Waals surface area (Å²) in [6.45, 7) is 5.73. The number of halogens is 2. The topological polar surface area (TPSA) is 184 Å². The van der Waals surface area contributed by atoms with E-state index >= 15 is 0 Å². The van der Waals surface area contributed by atoms with Gasteiger partial charge in [-0.25, -0.2) is 18.3 Å². The summed E-state index contributed by atoms with van der Waals surface area (Å²) in [5, 5.41) is 17.4. The van der Waals surface area contributed by atoms with Crippen molar-refractivity contribution in [2.75, 3.05) is 68.0 Å². The Balaban J connectivity index is 0.696. The fraction of sp³-hybridized carbons (Fsp3) is 0.500. The van der Waals surface area contributed by atoms with Gasteiger partial charge in [0.05, 0.1) is 55.4 Å². The van der Waals surface area contributed by atoms with Crippen LogP contribution in [0, 0.1) is 5.92 Å². The quantitative estimate of drug-likeness (QED) is 0.160. The number of hydrogen-bond donors (Lipinski definition) is 3. The molecule has 3 N–H and O–H groups in total.